The quantitative estimate of drug-likeness (QED) is 0.0414. The summed E-state index contributed by atoms with van der Waals surface area (Å²) in [7, 11) is 0. The Morgan fingerprint density at radius 3 is 1.66 bits per heavy atom. The van der Waals surface area contributed by atoms with Gasteiger partial charge in [0.25, 0.3) is 0 Å². The van der Waals surface area contributed by atoms with E-state index in [9.17, 15) is 91.9 Å². The second-order valence-corrected chi connectivity index (χ2v) is 30.7. The number of ether oxygens (including phenoxy) is 12. The molecule has 4 saturated carbocycles. The van der Waals surface area contributed by atoms with Crippen LogP contribution in [0, 0.1) is 50.7 Å². The summed E-state index contributed by atoms with van der Waals surface area (Å²) in [6, 6.07) is 0. The van der Waals surface area contributed by atoms with Gasteiger partial charge in [-0.2, -0.15) is 0 Å². The van der Waals surface area contributed by atoms with E-state index in [1.54, 1.807) is 6.92 Å². The summed E-state index contributed by atoms with van der Waals surface area (Å²) < 4.78 is 72.8. The van der Waals surface area contributed by atoms with Crippen molar-refractivity contribution in [3.8, 4) is 0 Å². The number of allylic oxidation sites excluding steroid dienone is 1. The summed E-state index contributed by atoms with van der Waals surface area (Å²) in [6.45, 7) is 13.0. The Kier molecular flexibility index (Phi) is 21.6. The van der Waals surface area contributed by atoms with Gasteiger partial charge in [-0.3, -0.25) is 4.79 Å². The molecule has 0 aromatic carbocycles. The van der Waals surface area contributed by atoms with Crippen LogP contribution in [0.5, 0.6) is 0 Å². The average molecular weight is 1370 g/mol. The normalized spacial score (nSPS) is 55.6. The third kappa shape index (κ3) is 12.5. The topological polar surface area (TPSA) is 492 Å². The molecular formula is C64H104O31. The van der Waals surface area contributed by atoms with Gasteiger partial charge in [-0.15, -0.1) is 0 Å². The first kappa shape index (κ1) is 74.2. The van der Waals surface area contributed by atoms with Crippen LogP contribution in [0.25, 0.3) is 0 Å². The number of aliphatic hydroxyl groups is 18. The molecule has 38 atom stereocenters. The minimum absolute atomic E-state index is 0.0153. The molecule has 0 aromatic heterocycles. The molecule has 11 aliphatic rings. The molecule has 0 radical (unpaired) electrons. The average Bonchev–Trinajstić information content (AvgIpc) is 0.673. The SMILES string of the molecule is CC1OC(OC2C(OC(=O)C34CCC(C)C(C)(O)C3C3=CCC5C6(C)CCC(OC7OCC(O)C(OC8OC(CO)C(O)C(O)C8O)C7OC7OC(CO)C(O)C(O)C7O)C(C)(C)C6CCC5(C)C3(C)CC4)OC(COC3OCC(O)C(O)C3O)C(O)C2O)C(O)C(O)C1O. The van der Waals surface area contributed by atoms with E-state index in [1.807, 2.05) is 6.92 Å². The van der Waals surface area contributed by atoms with Gasteiger partial charge in [0, 0.05) is 5.92 Å². The van der Waals surface area contributed by atoms with Crippen LogP contribution in [0.1, 0.15) is 113 Å². The van der Waals surface area contributed by atoms with Gasteiger partial charge in [0.05, 0.1) is 56.3 Å². The van der Waals surface area contributed by atoms with Crippen LogP contribution in [-0.4, -0.2) is 315 Å². The Hall–Kier alpha value is -1.95. The molecule has 0 bridgehead atoms. The van der Waals surface area contributed by atoms with Gasteiger partial charge in [0.15, 0.2) is 37.6 Å². The molecule has 38 unspecified atom stereocenters. The Morgan fingerprint density at radius 2 is 1.04 bits per heavy atom. The maximum atomic E-state index is 15.8. The predicted molar refractivity (Wildman–Crippen MR) is 316 cm³/mol. The minimum Gasteiger partial charge on any atom is -0.432 e. The van der Waals surface area contributed by atoms with E-state index in [4.69, 9.17) is 56.8 Å². The van der Waals surface area contributed by atoms with E-state index in [-0.39, 0.29) is 36.0 Å². The zero-order chi connectivity index (χ0) is 69.3. The number of esters is 1. The second-order valence-electron chi connectivity index (χ2n) is 30.7. The molecule has 10 fully saturated rings. The third-order valence-electron chi connectivity index (χ3n) is 25.2. The maximum absolute atomic E-state index is 15.8. The molecule has 95 heavy (non-hydrogen) atoms. The lowest BCUT2D eigenvalue weighted by Crippen LogP contribution is -2.69. The second kappa shape index (κ2) is 27.7. The molecule has 31 heteroatoms. The zero-order valence-corrected chi connectivity index (χ0v) is 54.9. The molecule has 18 N–H and O–H groups in total. The highest BCUT2D eigenvalue weighted by Gasteiger charge is 2.73. The monoisotopic (exact) mass is 1370 g/mol. The third-order valence-corrected chi connectivity index (χ3v) is 25.2. The van der Waals surface area contributed by atoms with E-state index in [2.05, 4.69) is 40.7 Å². The van der Waals surface area contributed by atoms with Gasteiger partial charge >= 0.3 is 5.97 Å². The summed E-state index contributed by atoms with van der Waals surface area (Å²) in [5, 5.41) is 197. The Morgan fingerprint density at radius 1 is 0.505 bits per heavy atom. The molecule has 5 aliphatic carbocycles. The van der Waals surface area contributed by atoms with Gasteiger partial charge in [-0.25, -0.2) is 0 Å². The molecular weight excluding hydrogens is 1260 g/mol. The zero-order valence-electron chi connectivity index (χ0n) is 54.9. The lowest BCUT2D eigenvalue weighted by atomic mass is 9.33. The number of carbonyl (C=O) groups is 1. The first-order valence-electron chi connectivity index (χ1n) is 33.7. The number of carbonyl (C=O) groups excluding carboxylic acids is 1. The first-order chi connectivity index (χ1) is 44.5. The van der Waals surface area contributed by atoms with Crippen molar-refractivity contribution in [3.63, 3.8) is 0 Å². The summed E-state index contributed by atoms with van der Waals surface area (Å²) in [6.07, 6.45) is -41.4. The van der Waals surface area contributed by atoms with Crippen molar-refractivity contribution in [2.45, 2.75) is 297 Å². The molecule has 0 spiro atoms. The number of rotatable bonds is 15. The van der Waals surface area contributed by atoms with Crippen molar-refractivity contribution in [3.05, 3.63) is 11.6 Å². The maximum Gasteiger partial charge on any atom is 0.315 e. The summed E-state index contributed by atoms with van der Waals surface area (Å²) in [4.78, 5) is 15.8. The molecule has 0 aromatic rings. The fourth-order valence-corrected chi connectivity index (χ4v) is 19.0. The largest absolute Gasteiger partial charge is 0.432 e. The van der Waals surface area contributed by atoms with Crippen LogP contribution in [0.2, 0.25) is 0 Å². The van der Waals surface area contributed by atoms with Crippen LogP contribution in [0.15, 0.2) is 11.6 Å². The number of hydrogen-bond acceptors (Lipinski definition) is 31. The molecule has 0 amide bonds. The van der Waals surface area contributed by atoms with Crippen molar-refractivity contribution in [1.29, 1.82) is 0 Å². The Bertz CT molecular complexity index is 2670. The van der Waals surface area contributed by atoms with Crippen LogP contribution >= 0.6 is 0 Å². The summed E-state index contributed by atoms with van der Waals surface area (Å²) in [5.41, 5.74) is -4.20. The number of hydrogen-bond donors (Lipinski definition) is 18. The highest BCUT2D eigenvalue weighted by atomic mass is 16.8. The molecule has 6 heterocycles. The van der Waals surface area contributed by atoms with E-state index in [0.717, 1.165) is 5.57 Å². The van der Waals surface area contributed by atoms with Crippen LogP contribution in [0.4, 0.5) is 0 Å². The standard InChI is InChI=1S/C64H104O31/c1-24-11-16-64(58(82)95-57-49(93-53-45(79)40(74)35(69)25(2)87-53)43(77)39(73)31(90-57)23-86-52-44(78)36(70)27(67)21-84-52)18-17-61(6)26(51(64)63(24,8)83)9-10-33-60(5)14-13-34(59(3,4)32(60)12-15-62(33,61)7)91-56-50(94-55-47(81)42(76)38(72)30(20-66)89-55)48(28(68)22-85-56)92-54-46(80)41(75)37(71)29(19-65)88-54/h9,24-25,27-57,65-81,83H,10-23H2,1-8H3. The minimum atomic E-state index is -1.99. The van der Waals surface area contributed by atoms with Crippen LogP contribution in [-0.2, 0) is 61.6 Å². The number of fused-ring (bicyclic) bond motifs is 7. The van der Waals surface area contributed by atoms with Gasteiger partial charge in [-0.05, 0) is 111 Å². The molecule has 11 rings (SSSR count). The van der Waals surface area contributed by atoms with Crippen molar-refractivity contribution in [2.24, 2.45) is 50.7 Å². The van der Waals surface area contributed by atoms with Gasteiger partial charge in [-0.1, -0.05) is 53.2 Å². The van der Waals surface area contributed by atoms with Gasteiger partial charge in [0.1, 0.15) is 122 Å². The van der Waals surface area contributed by atoms with E-state index >= 15 is 4.79 Å². The summed E-state index contributed by atoms with van der Waals surface area (Å²) >= 11 is 0. The molecule has 31 nitrogen and oxygen atoms in total. The van der Waals surface area contributed by atoms with Gasteiger partial charge in [0.2, 0.25) is 6.29 Å². The Balaban J connectivity index is 0.861. The number of aliphatic hydroxyl groups excluding tert-OH is 17. The smallest absolute Gasteiger partial charge is 0.315 e. The van der Waals surface area contributed by atoms with Gasteiger partial charge < -0.3 is 149 Å². The lowest BCUT2D eigenvalue weighted by molar-refractivity contribution is -0.389. The molecule has 546 valence electrons. The van der Waals surface area contributed by atoms with E-state index < -0.39 is 250 Å². The lowest BCUT2D eigenvalue weighted by Gasteiger charge is -2.72. The fourth-order valence-electron chi connectivity index (χ4n) is 19.0. The van der Waals surface area contributed by atoms with Crippen molar-refractivity contribution >= 4 is 5.97 Å². The van der Waals surface area contributed by atoms with Crippen molar-refractivity contribution < 1.29 is 154 Å². The van der Waals surface area contributed by atoms with E-state index in [1.165, 1.54) is 6.92 Å². The Labute approximate surface area is 550 Å². The first-order valence-corrected chi connectivity index (χ1v) is 33.7. The predicted octanol–water partition coefficient (Wildman–Crippen LogP) is -5.11. The van der Waals surface area contributed by atoms with Crippen molar-refractivity contribution in [2.75, 3.05) is 33.0 Å². The molecule has 6 aliphatic heterocycles. The van der Waals surface area contributed by atoms with E-state index in [0.29, 0.717) is 44.9 Å². The fraction of sp³-hybridized carbons (Fsp3) is 0.953. The highest BCUT2D eigenvalue weighted by molar-refractivity contribution is 5.79. The molecule has 6 saturated heterocycles. The highest BCUT2D eigenvalue weighted by Crippen LogP contribution is 2.76. The van der Waals surface area contributed by atoms with Crippen LogP contribution < -0.4 is 0 Å². The van der Waals surface area contributed by atoms with Crippen LogP contribution in [0.3, 0.4) is 0 Å². The van der Waals surface area contributed by atoms with Crippen molar-refractivity contribution in [1.82, 2.24) is 0 Å². The summed E-state index contributed by atoms with van der Waals surface area (Å²) in [5.74, 6) is -2.01.